The molecule has 2 fully saturated rings. The number of pyridine rings is 1. The van der Waals surface area contributed by atoms with Crippen LogP contribution in [0.5, 0.6) is 0 Å². The summed E-state index contributed by atoms with van der Waals surface area (Å²) in [5, 5.41) is 5.68. The van der Waals surface area contributed by atoms with Crippen molar-refractivity contribution in [2.24, 2.45) is 11.3 Å². The molecule has 1 aromatic heterocycles. The Morgan fingerprint density at radius 3 is 2.96 bits per heavy atom. The first-order chi connectivity index (χ1) is 13.1. The lowest BCUT2D eigenvalue weighted by atomic mass is 10.0. The van der Waals surface area contributed by atoms with Crippen molar-refractivity contribution in [3.05, 3.63) is 60.2 Å². The van der Waals surface area contributed by atoms with Gasteiger partial charge < -0.3 is 15.5 Å². The van der Waals surface area contributed by atoms with Crippen molar-refractivity contribution in [2.75, 3.05) is 18.4 Å². The monoisotopic (exact) mass is 368 g/mol. The summed E-state index contributed by atoms with van der Waals surface area (Å²) in [7, 11) is 0. The number of anilines is 1. The summed E-state index contributed by atoms with van der Waals surface area (Å²) in [4.78, 5) is 30.6. The van der Waals surface area contributed by atoms with E-state index in [0.29, 0.717) is 25.3 Å². The Labute approximate surface area is 156 Å². The van der Waals surface area contributed by atoms with Crippen molar-refractivity contribution < 1.29 is 14.0 Å². The van der Waals surface area contributed by atoms with E-state index >= 15 is 0 Å². The zero-order valence-corrected chi connectivity index (χ0v) is 14.8. The maximum atomic E-state index is 13.2. The number of amides is 3. The van der Waals surface area contributed by atoms with Crippen molar-refractivity contribution in [1.29, 1.82) is 0 Å². The zero-order chi connectivity index (χ0) is 18.9. The van der Waals surface area contributed by atoms with Crippen LogP contribution in [0.25, 0.3) is 0 Å². The summed E-state index contributed by atoms with van der Waals surface area (Å²) in [6.45, 7) is 1.62. The van der Waals surface area contributed by atoms with Crippen LogP contribution < -0.4 is 10.6 Å². The number of rotatable bonds is 4. The second-order valence-electron chi connectivity index (χ2n) is 7.31. The molecule has 0 unspecified atom stereocenters. The maximum absolute atomic E-state index is 13.2. The highest BCUT2D eigenvalue weighted by Gasteiger charge is 2.61. The molecule has 2 N–H and O–H groups in total. The van der Waals surface area contributed by atoms with E-state index in [1.807, 2.05) is 12.1 Å². The van der Waals surface area contributed by atoms with E-state index in [4.69, 9.17) is 0 Å². The number of nitrogens with zero attached hydrogens (tertiary/aromatic N) is 2. The fourth-order valence-electron chi connectivity index (χ4n) is 3.82. The minimum atomic E-state index is -0.391. The average Bonchev–Trinajstić information content (AvgIpc) is 3.20. The molecule has 3 amide bonds. The van der Waals surface area contributed by atoms with Gasteiger partial charge in [-0.25, -0.2) is 9.18 Å². The molecular weight excluding hydrogens is 347 g/mol. The molecular formula is C20H21FN4O2. The topological polar surface area (TPSA) is 74.3 Å². The summed E-state index contributed by atoms with van der Waals surface area (Å²) >= 11 is 0. The Kier molecular flexibility index (Phi) is 4.51. The van der Waals surface area contributed by atoms with Gasteiger partial charge in [-0.05, 0) is 42.7 Å². The van der Waals surface area contributed by atoms with Gasteiger partial charge in [-0.15, -0.1) is 0 Å². The number of likely N-dealkylation sites (tertiary alicyclic amines) is 1. The van der Waals surface area contributed by atoms with E-state index in [9.17, 15) is 14.0 Å². The molecule has 1 aliphatic heterocycles. The molecule has 0 radical (unpaired) electrons. The molecule has 0 bridgehead atoms. The zero-order valence-electron chi connectivity index (χ0n) is 14.8. The molecule has 140 valence electrons. The van der Waals surface area contributed by atoms with Gasteiger partial charge >= 0.3 is 6.03 Å². The van der Waals surface area contributed by atoms with Crippen LogP contribution >= 0.6 is 0 Å². The normalized spacial score (nSPS) is 23.3. The minimum absolute atomic E-state index is 0.0336. The highest BCUT2D eigenvalue weighted by molar-refractivity contribution is 5.90. The molecule has 1 saturated heterocycles. The molecule has 2 aromatic rings. The van der Waals surface area contributed by atoms with Gasteiger partial charge in [-0.2, -0.15) is 0 Å². The van der Waals surface area contributed by atoms with Crippen LogP contribution in [0.3, 0.4) is 0 Å². The number of halogens is 1. The number of carbonyl (C=O) groups is 2. The first kappa shape index (κ1) is 17.5. The molecule has 2 heterocycles. The Hall–Kier alpha value is -2.96. The average molecular weight is 368 g/mol. The summed E-state index contributed by atoms with van der Waals surface area (Å²) in [6, 6.07) is 9.34. The van der Waals surface area contributed by atoms with Crippen molar-refractivity contribution in [3.63, 3.8) is 0 Å². The summed E-state index contributed by atoms with van der Waals surface area (Å²) in [5.74, 6) is -0.411. The summed E-state index contributed by atoms with van der Waals surface area (Å²) in [5.41, 5.74) is 1.28. The second kappa shape index (κ2) is 6.98. The van der Waals surface area contributed by atoms with E-state index in [0.717, 1.165) is 18.4 Å². The Morgan fingerprint density at radius 1 is 1.30 bits per heavy atom. The van der Waals surface area contributed by atoms with E-state index in [2.05, 4.69) is 15.6 Å². The summed E-state index contributed by atoms with van der Waals surface area (Å²) < 4.78 is 13.2. The predicted octanol–water partition coefficient (Wildman–Crippen LogP) is 2.78. The predicted molar refractivity (Wildman–Crippen MR) is 98.2 cm³/mol. The quantitative estimate of drug-likeness (QED) is 0.871. The van der Waals surface area contributed by atoms with Crippen LogP contribution in [0.2, 0.25) is 0 Å². The number of benzene rings is 1. The number of carbonyl (C=O) groups excluding carboxylic acids is 2. The van der Waals surface area contributed by atoms with Crippen molar-refractivity contribution in [3.8, 4) is 0 Å². The first-order valence-electron chi connectivity index (χ1n) is 9.04. The van der Waals surface area contributed by atoms with Gasteiger partial charge in [0.15, 0.2) is 0 Å². The van der Waals surface area contributed by atoms with Gasteiger partial charge in [-0.3, -0.25) is 9.78 Å². The molecule has 2 atom stereocenters. The second-order valence-corrected chi connectivity index (χ2v) is 7.31. The molecule has 1 aliphatic carbocycles. The van der Waals surface area contributed by atoms with Crippen LogP contribution in [0.4, 0.5) is 14.9 Å². The SMILES string of the molecule is O=C(NCc1cccnc1)[C@@H]1C[C@@]12CCN(C(=O)Nc1cccc(F)c1)C2. The molecule has 27 heavy (non-hydrogen) atoms. The maximum Gasteiger partial charge on any atom is 0.321 e. The smallest absolute Gasteiger partial charge is 0.321 e. The first-order valence-corrected chi connectivity index (χ1v) is 9.04. The molecule has 2 aliphatic rings. The third kappa shape index (κ3) is 3.77. The van der Waals surface area contributed by atoms with Gasteiger partial charge in [0, 0.05) is 49.0 Å². The fraction of sp³-hybridized carbons (Fsp3) is 0.350. The molecule has 6 nitrogen and oxygen atoms in total. The third-order valence-corrected chi connectivity index (χ3v) is 5.44. The van der Waals surface area contributed by atoms with Crippen LogP contribution in [-0.2, 0) is 11.3 Å². The lowest BCUT2D eigenvalue weighted by Gasteiger charge is -2.17. The van der Waals surface area contributed by atoms with Crippen LogP contribution in [0, 0.1) is 17.2 Å². The van der Waals surface area contributed by atoms with Gasteiger partial charge in [-0.1, -0.05) is 12.1 Å². The van der Waals surface area contributed by atoms with E-state index in [-0.39, 0.29) is 23.3 Å². The highest BCUT2D eigenvalue weighted by Crippen LogP contribution is 2.58. The fourth-order valence-corrected chi connectivity index (χ4v) is 3.82. The number of hydrogen-bond donors (Lipinski definition) is 2. The highest BCUT2D eigenvalue weighted by atomic mass is 19.1. The number of aromatic nitrogens is 1. The third-order valence-electron chi connectivity index (χ3n) is 5.44. The summed E-state index contributed by atoms with van der Waals surface area (Å²) in [6.07, 6.45) is 5.05. The Morgan fingerprint density at radius 2 is 2.19 bits per heavy atom. The Bertz CT molecular complexity index is 860. The lowest BCUT2D eigenvalue weighted by Crippen LogP contribution is -2.34. The molecule has 4 rings (SSSR count). The van der Waals surface area contributed by atoms with E-state index in [1.165, 1.54) is 12.1 Å². The van der Waals surface area contributed by atoms with Crippen molar-refractivity contribution >= 4 is 17.6 Å². The lowest BCUT2D eigenvalue weighted by molar-refractivity contribution is -0.123. The molecule has 7 heteroatoms. The molecule has 1 spiro atoms. The minimum Gasteiger partial charge on any atom is -0.352 e. The molecule has 1 aromatic carbocycles. The standard InChI is InChI=1S/C20H21FN4O2/c21-15-4-1-5-16(9-15)24-19(27)25-8-6-20(13-25)10-17(20)18(26)23-12-14-3-2-7-22-11-14/h1-5,7,9,11,17H,6,8,10,12-13H2,(H,23,26)(H,24,27)/t17-,20+/m0/s1. The number of nitrogens with one attached hydrogen (secondary N) is 2. The van der Waals surface area contributed by atoms with Gasteiger partial charge in [0.25, 0.3) is 0 Å². The van der Waals surface area contributed by atoms with E-state index in [1.54, 1.807) is 29.4 Å². The van der Waals surface area contributed by atoms with Crippen LogP contribution in [-0.4, -0.2) is 34.9 Å². The number of hydrogen-bond acceptors (Lipinski definition) is 3. The van der Waals surface area contributed by atoms with Crippen molar-refractivity contribution in [1.82, 2.24) is 15.2 Å². The van der Waals surface area contributed by atoms with Crippen LogP contribution in [0.15, 0.2) is 48.8 Å². The van der Waals surface area contributed by atoms with Gasteiger partial charge in [0.1, 0.15) is 5.82 Å². The van der Waals surface area contributed by atoms with E-state index < -0.39 is 5.82 Å². The van der Waals surface area contributed by atoms with Gasteiger partial charge in [0.2, 0.25) is 5.91 Å². The number of urea groups is 1. The Balaban J connectivity index is 1.29. The van der Waals surface area contributed by atoms with Crippen molar-refractivity contribution in [2.45, 2.75) is 19.4 Å². The van der Waals surface area contributed by atoms with Gasteiger partial charge in [0.05, 0.1) is 0 Å². The van der Waals surface area contributed by atoms with Crippen LogP contribution in [0.1, 0.15) is 18.4 Å². The molecule has 1 saturated carbocycles. The largest absolute Gasteiger partial charge is 0.352 e.